The van der Waals surface area contributed by atoms with Gasteiger partial charge in [-0.2, -0.15) is 0 Å². The first kappa shape index (κ1) is 21.6. The molecule has 26 heavy (non-hydrogen) atoms. The van der Waals surface area contributed by atoms with Gasteiger partial charge in [0.1, 0.15) is 12.4 Å². The second kappa shape index (κ2) is 12.0. The molecule has 0 unspecified atom stereocenters. The third kappa shape index (κ3) is 7.21. The number of hydrogen-bond donors (Lipinski definition) is 3. The van der Waals surface area contributed by atoms with E-state index in [1.54, 1.807) is 18.5 Å². The Morgan fingerprint density at radius 2 is 1.62 bits per heavy atom. The number of nitrogens with two attached hydrogens (primary N) is 2. The molecular formula is C20H25ClN4O. The minimum atomic E-state index is 0. The number of halogens is 1. The molecule has 6 heteroatoms. The van der Waals surface area contributed by atoms with Crippen LogP contribution in [0.15, 0.2) is 73.1 Å². The molecule has 3 aromatic rings. The van der Waals surface area contributed by atoms with Gasteiger partial charge in [-0.15, -0.1) is 0 Å². The van der Waals surface area contributed by atoms with Gasteiger partial charge < -0.3 is 22.4 Å². The Bertz CT molecular complexity index is 754. The van der Waals surface area contributed by atoms with Crippen molar-refractivity contribution in [3.05, 3.63) is 94.8 Å². The molecule has 1 aromatic heterocycles. The average molecular weight is 373 g/mol. The predicted octanol–water partition coefficient (Wildman–Crippen LogP) is 4.08. The third-order valence-electron chi connectivity index (χ3n) is 3.44. The number of rotatable bonds is 5. The van der Waals surface area contributed by atoms with Crippen molar-refractivity contribution in [3.63, 3.8) is 0 Å². The van der Waals surface area contributed by atoms with Gasteiger partial charge in [-0.3, -0.25) is 4.98 Å². The van der Waals surface area contributed by atoms with Crippen LogP contribution >= 0.6 is 11.6 Å². The molecule has 0 aliphatic carbocycles. The molecule has 0 fully saturated rings. The summed E-state index contributed by atoms with van der Waals surface area (Å²) in [6, 6.07) is 19.3. The lowest BCUT2D eigenvalue weighted by molar-refractivity contribution is 0.303. The quantitative estimate of drug-likeness (QED) is 0.625. The second-order valence-electron chi connectivity index (χ2n) is 5.30. The Balaban J connectivity index is 0.000000318. The fourth-order valence-electron chi connectivity index (χ4n) is 2.10. The molecule has 5 nitrogen and oxygen atoms in total. The van der Waals surface area contributed by atoms with Crippen LogP contribution in [0.4, 0.5) is 0 Å². The molecule has 0 radical (unpaired) electrons. The zero-order valence-corrected chi connectivity index (χ0v) is 15.4. The van der Waals surface area contributed by atoms with Crippen LogP contribution in [0.25, 0.3) is 0 Å². The van der Waals surface area contributed by atoms with Crippen LogP contribution in [0, 0.1) is 0 Å². The van der Waals surface area contributed by atoms with E-state index in [0.717, 1.165) is 22.4 Å². The van der Waals surface area contributed by atoms with Crippen molar-refractivity contribution in [2.45, 2.75) is 19.7 Å². The van der Waals surface area contributed by atoms with E-state index in [1.165, 1.54) is 0 Å². The third-order valence-corrected chi connectivity index (χ3v) is 3.67. The van der Waals surface area contributed by atoms with Crippen molar-refractivity contribution in [2.24, 2.45) is 11.5 Å². The Labute approximate surface area is 159 Å². The van der Waals surface area contributed by atoms with Crippen LogP contribution in [-0.4, -0.2) is 4.98 Å². The highest BCUT2D eigenvalue weighted by Gasteiger charge is 2.03. The number of aromatic nitrogens is 1. The summed E-state index contributed by atoms with van der Waals surface area (Å²) < 4.78 is 5.73. The summed E-state index contributed by atoms with van der Waals surface area (Å²) in [5.74, 6) is 0.792. The molecule has 0 saturated heterocycles. The largest absolute Gasteiger partial charge is 0.489 e. The zero-order chi connectivity index (χ0) is 17.9. The van der Waals surface area contributed by atoms with E-state index in [0.29, 0.717) is 24.7 Å². The number of ether oxygens (including phenoxy) is 1. The van der Waals surface area contributed by atoms with Crippen molar-refractivity contribution in [1.29, 1.82) is 0 Å². The van der Waals surface area contributed by atoms with Gasteiger partial charge >= 0.3 is 0 Å². The summed E-state index contributed by atoms with van der Waals surface area (Å²) in [4.78, 5) is 3.88. The summed E-state index contributed by atoms with van der Waals surface area (Å²) in [5.41, 5.74) is 14.1. The van der Waals surface area contributed by atoms with Crippen LogP contribution in [0.5, 0.6) is 5.75 Å². The SMILES string of the molecule is N.NCc1cc(Cl)ccc1OCc1ccccc1.NCc1cccnc1. The second-order valence-corrected chi connectivity index (χ2v) is 5.73. The van der Waals surface area contributed by atoms with E-state index < -0.39 is 0 Å². The lowest BCUT2D eigenvalue weighted by atomic mass is 10.2. The van der Waals surface area contributed by atoms with Gasteiger partial charge in [0.15, 0.2) is 0 Å². The summed E-state index contributed by atoms with van der Waals surface area (Å²) in [5, 5.41) is 0.678. The molecule has 0 amide bonds. The van der Waals surface area contributed by atoms with Gasteiger partial charge in [0.05, 0.1) is 0 Å². The molecule has 2 aromatic carbocycles. The molecule has 3 rings (SSSR count). The summed E-state index contributed by atoms with van der Waals surface area (Å²) in [6.45, 7) is 1.54. The molecule has 0 aliphatic heterocycles. The van der Waals surface area contributed by atoms with E-state index in [9.17, 15) is 0 Å². The molecule has 0 aliphatic rings. The molecule has 0 atom stereocenters. The van der Waals surface area contributed by atoms with Crippen molar-refractivity contribution >= 4 is 11.6 Å². The summed E-state index contributed by atoms with van der Waals surface area (Å²) >= 11 is 5.90. The fraction of sp³-hybridized carbons (Fsp3) is 0.150. The highest BCUT2D eigenvalue weighted by Crippen LogP contribution is 2.23. The van der Waals surface area contributed by atoms with E-state index in [1.807, 2.05) is 54.6 Å². The van der Waals surface area contributed by atoms with Gasteiger partial charge in [-0.1, -0.05) is 48.0 Å². The molecule has 0 spiro atoms. The zero-order valence-electron chi connectivity index (χ0n) is 14.6. The van der Waals surface area contributed by atoms with Gasteiger partial charge in [0, 0.05) is 36.1 Å². The lowest BCUT2D eigenvalue weighted by Gasteiger charge is -2.10. The maximum Gasteiger partial charge on any atom is 0.124 e. The summed E-state index contributed by atoms with van der Waals surface area (Å²) in [7, 11) is 0. The smallest absolute Gasteiger partial charge is 0.124 e. The van der Waals surface area contributed by atoms with Gasteiger partial charge in [-0.25, -0.2) is 0 Å². The molecule has 1 heterocycles. The van der Waals surface area contributed by atoms with Gasteiger partial charge in [-0.05, 0) is 35.4 Å². The first-order valence-corrected chi connectivity index (χ1v) is 8.35. The van der Waals surface area contributed by atoms with E-state index in [2.05, 4.69) is 4.98 Å². The Morgan fingerprint density at radius 3 is 2.19 bits per heavy atom. The normalized spacial score (nSPS) is 9.50. The Hall–Kier alpha value is -2.44. The van der Waals surface area contributed by atoms with Crippen LogP contribution in [-0.2, 0) is 19.7 Å². The van der Waals surface area contributed by atoms with Gasteiger partial charge in [0.25, 0.3) is 0 Å². The maximum atomic E-state index is 5.90. The number of hydrogen-bond acceptors (Lipinski definition) is 5. The molecule has 138 valence electrons. The van der Waals surface area contributed by atoms with E-state index >= 15 is 0 Å². The number of benzene rings is 2. The number of nitrogens with zero attached hydrogens (tertiary/aromatic N) is 1. The van der Waals surface area contributed by atoms with E-state index in [4.69, 9.17) is 27.8 Å². The fourth-order valence-corrected chi connectivity index (χ4v) is 2.30. The molecule has 0 bridgehead atoms. The first-order valence-electron chi connectivity index (χ1n) is 7.97. The minimum Gasteiger partial charge on any atom is -0.489 e. The van der Waals surface area contributed by atoms with Crippen molar-refractivity contribution in [1.82, 2.24) is 11.1 Å². The van der Waals surface area contributed by atoms with Crippen LogP contribution in [0.3, 0.4) is 0 Å². The monoisotopic (exact) mass is 372 g/mol. The topological polar surface area (TPSA) is 109 Å². The van der Waals surface area contributed by atoms with Gasteiger partial charge in [0.2, 0.25) is 0 Å². The minimum absolute atomic E-state index is 0. The maximum absolute atomic E-state index is 5.90. The van der Waals surface area contributed by atoms with Crippen LogP contribution in [0.1, 0.15) is 16.7 Å². The Kier molecular flexibility index (Phi) is 9.97. The molecular weight excluding hydrogens is 348 g/mol. The number of pyridine rings is 1. The highest BCUT2D eigenvalue weighted by molar-refractivity contribution is 6.30. The Morgan fingerprint density at radius 1 is 0.885 bits per heavy atom. The molecule has 7 N–H and O–H groups in total. The predicted molar refractivity (Wildman–Crippen MR) is 107 cm³/mol. The van der Waals surface area contributed by atoms with Crippen molar-refractivity contribution in [3.8, 4) is 5.75 Å². The van der Waals surface area contributed by atoms with Crippen molar-refractivity contribution < 1.29 is 4.74 Å². The standard InChI is InChI=1S/C14H14ClNO.C6H8N2.H3N/c15-13-6-7-14(12(8-13)9-16)17-10-11-4-2-1-3-5-11;7-4-6-2-1-3-8-5-6;/h1-8H,9-10,16H2;1-3,5H,4,7H2;1H3. The van der Waals surface area contributed by atoms with Crippen molar-refractivity contribution in [2.75, 3.05) is 0 Å². The summed E-state index contributed by atoms with van der Waals surface area (Å²) in [6.07, 6.45) is 3.50. The lowest BCUT2D eigenvalue weighted by Crippen LogP contribution is -2.02. The highest BCUT2D eigenvalue weighted by atomic mass is 35.5. The molecule has 0 saturated carbocycles. The van der Waals surface area contributed by atoms with E-state index in [-0.39, 0.29) is 6.15 Å². The van der Waals surface area contributed by atoms with Crippen LogP contribution < -0.4 is 22.4 Å². The average Bonchev–Trinajstić information content (AvgIpc) is 2.69. The first-order chi connectivity index (χ1) is 12.2. The van der Waals surface area contributed by atoms with Crippen LogP contribution in [0.2, 0.25) is 5.02 Å².